The molecule has 12 heteroatoms. The third-order valence-corrected chi connectivity index (χ3v) is 16.4. The molecule has 3 rings (SSSR count). The van der Waals surface area contributed by atoms with Crippen molar-refractivity contribution < 1.29 is 19.1 Å². The van der Waals surface area contributed by atoms with Gasteiger partial charge in [0.2, 0.25) is 5.91 Å². The molecule has 80 heavy (non-hydrogen) atoms. The zero-order valence-corrected chi connectivity index (χ0v) is 52.4. The number of aromatic amines is 1. The molecule has 12 nitrogen and oxygen atoms in total. The average Bonchev–Trinajstić information content (AvgIpc) is 3.81. The summed E-state index contributed by atoms with van der Waals surface area (Å²) in [5, 5.41) is 3.00. The highest BCUT2D eigenvalue weighted by Crippen LogP contribution is 2.23. The molecule has 0 saturated heterocycles. The van der Waals surface area contributed by atoms with Gasteiger partial charge < -0.3 is 29.6 Å². The Bertz CT molecular complexity index is 2020. The number of carbonyl (C=O) groups is 2. The summed E-state index contributed by atoms with van der Waals surface area (Å²) in [6.07, 6.45) is 54.0. The first-order chi connectivity index (χ1) is 39.3. The minimum absolute atomic E-state index is 0.116. The van der Waals surface area contributed by atoms with E-state index in [0.717, 1.165) is 69.4 Å². The van der Waals surface area contributed by atoms with Gasteiger partial charge in [-0.1, -0.05) is 270 Å². The zero-order valence-electron chi connectivity index (χ0n) is 52.4. The molecular weight excluding hydrogens is 995 g/mol. The number of unbranched alkanes of at least 4 members (excludes halogenated alkanes) is 35. The molecule has 458 valence electrons. The van der Waals surface area contributed by atoms with Crippen molar-refractivity contribution in [2.75, 3.05) is 58.3 Å². The molecule has 1 aromatic carbocycles. The fourth-order valence-corrected chi connectivity index (χ4v) is 11.3. The molecule has 0 spiro atoms. The van der Waals surface area contributed by atoms with Crippen LogP contribution in [0, 0.1) is 0 Å². The molecule has 0 aliphatic heterocycles. The number of esters is 1. The summed E-state index contributed by atoms with van der Waals surface area (Å²) < 4.78 is 12.3. The molecule has 1 amide bonds. The van der Waals surface area contributed by atoms with Crippen molar-refractivity contribution in [3.63, 3.8) is 0 Å². The first-order valence-corrected chi connectivity index (χ1v) is 33.8. The van der Waals surface area contributed by atoms with Gasteiger partial charge in [-0.25, -0.2) is 4.79 Å². The van der Waals surface area contributed by atoms with Crippen LogP contribution in [-0.2, 0) is 27.3 Å². The van der Waals surface area contributed by atoms with Crippen molar-refractivity contribution in [2.45, 2.75) is 304 Å². The van der Waals surface area contributed by atoms with Crippen molar-refractivity contribution in [2.24, 2.45) is 0 Å². The maximum atomic E-state index is 13.5. The van der Waals surface area contributed by atoms with Gasteiger partial charge >= 0.3 is 17.7 Å². The van der Waals surface area contributed by atoms with Crippen LogP contribution in [0.25, 0.3) is 11.2 Å². The van der Waals surface area contributed by atoms with Crippen LogP contribution >= 0.6 is 0 Å². The van der Waals surface area contributed by atoms with Gasteiger partial charge in [0.05, 0.1) is 26.7 Å². The SMILES string of the molecule is CCCCCCCCCCCCCCCCCCCN(CC)CCCN(CCCCCCCCCCCCCCCCCCC)CCCCCC(=O)Nc1nc(OCCCC)nc2c1[nH]c(=O)n2Cc1cccc(CC(=O)OC)c1. The smallest absolute Gasteiger partial charge is 0.328 e. The second-order valence-electron chi connectivity index (χ2n) is 23.6. The van der Waals surface area contributed by atoms with Gasteiger partial charge in [-0.05, 0) is 88.9 Å². The number of aromatic nitrogens is 4. The van der Waals surface area contributed by atoms with Crippen molar-refractivity contribution >= 4 is 28.9 Å². The molecule has 0 unspecified atom stereocenters. The van der Waals surface area contributed by atoms with Gasteiger partial charge in [-0.2, -0.15) is 9.97 Å². The number of benzene rings is 1. The second-order valence-corrected chi connectivity index (χ2v) is 23.6. The normalized spacial score (nSPS) is 11.7. The Labute approximate surface area is 489 Å². The number of ether oxygens (including phenoxy) is 2. The average molecular weight is 1120 g/mol. The molecular formula is C68H121N7O5. The number of rotatable bonds is 56. The van der Waals surface area contributed by atoms with Crippen molar-refractivity contribution in [1.29, 1.82) is 0 Å². The van der Waals surface area contributed by atoms with E-state index in [4.69, 9.17) is 9.47 Å². The van der Waals surface area contributed by atoms with E-state index in [-0.39, 0.29) is 42.4 Å². The van der Waals surface area contributed by atoms with Gasteiger partial charge in [-0.3, -0.25) is 14.2 Å². The van der Waals surface area contributed by atoms with Crippen LogP contribution in [0.4, 0.5) is 5.82 Å². The predicted octanol–water partition coefficient (Wildman–Crippen LogP) is 17.9. The summed E-state index contributed by atoms with van der Waals surface area (Å²) in [6.45, 7) is 16.5. The molecule has 2 heterocycles. The zero-order chi connectivity index (χ0) is 57.4. The topological polar surface area (TPSA) is 135 Å². The number of carbonyl (C=O) groups excluding carboxylic acids is 2. The van der Waals surface area contributed by atoms with E-state index in [0.29, 0.717) is 24.2 Å². The number of amides is 1. The summed E-state index contributed by atoms with van der Waals surface area (Å²) in [5.41, 5.74) is 1.95. The molecule has 0 atom stereocenters. The Kier molecular flexibility index (Phi) is 42.9. The number of H-pyrrole nitrogens is 1. The summed E-state index contributed by atoms with van der Waals surface area (Å²) in [4.78, 5) is 56.5. The number of methoxy groups -OCH3 is 1. The van der Waals surface area contributed by atoms with Crippen molar-refractivity contribution in [3.05, 3.63) is 45.9 Å². The van der Waals surface area contributed by atoms with Crippen LogP contribution in [0.3, 0.4) is 0 Å². The Hall–Kier alpha value is -3.77. The van der Waals surface area contributed by atoms with E-state index in [1.54, 1.807) is 0 Å². The third kappa shape index (κ3) is 34.6. The fraction of sp³-hybridized carbons (Fsp3) is 0.809. The van der Waals surface area contributed by atoms with E-state index >= 15 is 0 Å². The van der Waals surface area contributed by atoms with Crippen LogP contribution in [0.5, 0.6) is 6.01 Å². The number of imidazole rings is 1. The summed E-state index contributed by atoms with van der Waals surface area (Å²) in [7, 11) is 1.37. The second kappa shape index (κ2) is 48.7. The molecule has 0 bridgehead atoms. The Morgan fingerprint density at radius 3 is 1.43 bits per heavy atom. The third-order valence-electron chi connectivity index (χ3n) is 16.4. The molecule has 2 aromatic heterocycles. The van der Waals surface area contributed by atoms with E-state index < -0.39 is 0 Å². The highest BCUT2D eigenvalue weighted by molar-refractivity contribution is 5.97. The minimum Gasteiger partial charge on any atom is -0.469 e. The number of nitrogens with zero attached hydrogens (tertiary/aromatic N) is 5. The van der Waals surface area contributed by atoms with E-state index in [1.807, 2.05) is 24.3 Å². The molecule has 0 aliphatic carbocycles. The van der Waals surface area contributed by atoms with E-state index in [2.05, 4.69) is 57.8 Å². The maximum Gasteiger partial charge on any atom is 0.328 e. The molecule has 0 aliphatic rings. The van der Waals surface area contributed by atoms with Gasteiger partial charge in [0.25, 0.3) is 0 Å². The maximum absolute atomic E-state index is 13.5. The molecule has 0 fully saturated rings. The number of hydrogen-bond donors (Lipinski definition) is 2. The summed E-state index contributed by atoms with van der Waals surface area (Å²) in [6, 6.07) is 7.62. The van der Waals surface area contributed by atoms with Crippen LogP contribution < -0.4 is 15.7 Å². The van der Waals surface area contributed by atoms with Crippen LogP contribution in [0.1, 0.15) is 302 Å². The highest BCUT2D eigenvalue weighted by Gasteiger charge is 2.19. The van der Waals surface area contributed by atoms with Gasteiger partial charge in [-0.15, -0.1) is 0 Å². The number of anilines is 1. The van der Waals surface area contributed by atoms with E-state index in [1.165, 1.54) is 249 Å². The first-order valence-electron chi connectivity index (χ1n) is 33.8. The molecule has 0 saturated carbocycles. The Morgan fingerprint density at radius 1 is 0.525 bits per heavy atom. The summed E-state index contributed by atoms with van der Waals surface area (Å²) >= 11 is 0. The lowest BCUT2D eigenvalue weighted by atomic mass is 10.0. The first kappa shape index (κ1) is 70.5. The monoisotopic (exact) mass is 1120 g/mol. The van der Waals surface area contributed by atoms with Crippen LogP contribution in [0.15, 0.2) is 29.1 Å². The van der Waals surface area contributed by atoms with Gasteiger partial charge in [0, 0.05) is 6.42 Å². The van der Waals surface area contributed by atoms with Gasteiger partial charge in [0.1, 0.15) is 5.52 Å². The van der Waals surface area contributed by atoms with Crippen molar-refractivity contribution in [1.82, 2.24) is 29.3 Å². The molecule has 3 aromatic rings. The highest BCUT2D eigenvalue weighted by atomic mass is 16.5. The Morgan fingerprint density at radius 2 is 0.950 bits per heavy atom. The quantitative estimate of drug-likeness (QED) is 0.0418. The van der Waals surface area contributed by atoms with E-state index in [9.17, 15) is 14.4 Å². The van der Waals surface area contributed by atoms with Crippen LogP contribution in [0.2, 0.25) is 0 Å². The number of nitrogens with one attached hydrogen (secondary N) is 2. The van der Waals surface area contributed by atoms with Crippen molar-refractivity contribution in [3.8, 4) is 6.01 Å². The Balaban J connectivity index is 1.43. The molecule has 0 radical (unpaired) electrons. The lowest BCUT2D eigenvalue weighted by Gasteiger charge is -2.25. The number of hydrogen-bond acceptors (Lipinski definition) is 9. The van der Waals surface area contributed by atoms with Gasteiger partial charge in [0.15, 0.2) is 11.5 Å². The number of fused-ring (bicyclic) bond motifs is 1. The standard InChI is InChI=1S/C68H121N7O5/c1-6-10-13-15-17-19-21-23-25-27-29-31-33-35-37-39-43-51-73(9-4)54-47-55-74(52-44-40-38-36-34-32-30-28-26-24-22-20-18-16-14-11-7-2)53-45-41-42-50-62(76)69-65-64-66(72-67(71-65)80-56-12-8-3)75(68(78)70-64)59-61-49-46-48-60(57-61)58-63(77)79-5/h46,48-49,57H,6-45,47,50-56,58-59H2,1-5H3,(H,70,78)(H,69,71,72,76). The summed E-state index contributed by atoms with van der Waals surface area (Å²) in [5.74, 6) is -0.234. The van der Waals surface area contributed by atoms with Crippen LogP contribution in [-0.4, -0.2) is 94.2 Å². The minimum atomic E-state index is -0.374. The lowest BCUT2D eigenvalue weighted by Crippen LogP contribution is -2.32. The predicted molar refractivity (Wildman–Crippen MR) is 338 cm³/mol. The largest absolute Gasteiger partial charge is 0.469 e. The lowest BCUT2D eigenvalue weighted by molar-refractivity contribution is -0.139. The fourth-order valence-electron chi connectivity index (χ4n) is 11.3. The molecule has 2 N–H and O–H groups in total.